The molecule has 0 spiro atoms. The lowest BCUT2D eigenvalue weighted by molar-refractivity contribution is 0.317. The highest BCUT2D eigenvalue weighted by Gasteiger charge is 2.21. The maximum Gasteiger partial charge on any atom is 0.189 e. The first-order valence-electron chi connectivity index (χ1n) is 9.07. The number of nitrogens with zero attached hydrogens (tertiary/aromatic N) is 5. The van der Waals surface area contributed by atoms with Gasteiger partial charge in [0.15, 0.2) is 5.11 Å². The van der Waals surface area contributed by atoms with E-state index in [-0.39, 0.29) is 0 Å². The molecule has 0 atom stereocenters. The highest BCUT2D eigenvalue weighted by Crippen LogP contribution is 2.23. The van der Waals surface area contributed by atoms with Crippen LogP contribution in [-0.4, -0.2) is 58.5 Å². The van der Waals surface area contributed by atoms with Gasteiger partial charge in [-0.15, -0.1) is 0 Å². The third kappa shape index (κ3) is 4.00. The third-order valence-corrected chi connectivity index (χ3v) is 5.07. The van der Waals surface area contributed by atoms with Crippen LogP contribution in [-0.2, 0) is 0 Å². The number of pyridine rings is 2. The summed E-state index contributed by atoms with van der Waals surface area (Å²) >= 11 is 5.54. The molecule has 27 heavy (non-hydrogen) atoms. The average molecular weight is 382 g/mol. The number of aromatic nitrogens is 2. The molecule has 0 amide bonds. The van der Waals surface area contributed by atoms with E-state index >= 15 is 0 Å². The van der Waals surface area contributed by atoms with Crippen LogP contribution in [0.2, 0.25) is 0 Å². The Balaban J connectivity index is 1.36. The second-order valence-electron chi connectivity index (χ2n) is 6.62. The molecule has 0 bridgehead atoms. The van der Waals surface area contributed by atoms with E-state index in [2.05, 4.69) is 36.4 Å². The minimum absolute atomic E-state index is 0.606. The molecule has 2 aliphatic rings. The van der Waals surface area contributed by atoms with Crippen LogP contribution in [0.5, 0.6) is 5.75 Å². The van der Waals surface area contributed by atoms with Crippen molar-refractivity contribution in [2.75, 3.05) is 37.7 Å². The Hall–Kier alpha value is -2.74. The Morgan fingerprint density at radius 3 is 2.89 bits per heavy atom. The maximum absolute atomic E-state index is 5.69. The molecule has 4 rings (SSSR count). The summed E-state index contributed by atoms with van der Waals surface area (Å²) in [7, 11) is 0. The molecule has 1 saturated heterocycles. The standard InChI is InChI=1S/C19H22N6OS/c1-14-11-17-18(21-12-14)16(4-10-26-17)22-23-19(27)25-8-6-24(7-9-25)15-3-2-5-20-13-15/h2-3,5,11-13H,4,6-10H2,1H3,(H,23,27)/b22-16-. The first-order chi connectivity index (χ1) is 13.2. The number of anilines is 1. The Labute approximate surface area is 164 Å². The van der Waals surface area contributed by atoms with Crippen LogP contribution in [0.25, 0.3) is 0 Å². The molecule has 2 aliphatic heterocycles. The summed E-state index contributed by atoms with van der Waals surface area (Å²) in [6.45, 7) is 6.12. The molecule has 7 nitrogen and oxygen atoms in total. The molecule has 0 aromatic carbocycles. The van der Waals surface area contributed by atoms with Crippen molar-refractivity contribution in [2.45, 2.75) is 13.3 Å². The molecule has 8 heteroatoms. The molecule has 2 aromatic rings. The summed E-state index contributed by atoms with van der Waals surface area (Å²) in [5, 5.41) is 5.17. The average Bonchev–Trinajstić information content (AvgIpc) is 2.72. The van der Waals surface area contributed by atoms with Gasteiger partial charge in [-0.3, -0.25) is 15.4 Å². The predicted octanol–water partition coefficient (Wildman–Crippen LogP) is 1.97. The Morgan fingerprint density at radius 2 is 2.11 bits per heavy atom. The lowest BCUT2D eigenvalue weighted by Crippen LogP contribution is -2.51. The number of hydrogen-bond donors (Lipinski definition) is 1. The summed E-state index contributed by atoms with van der Waals surface area (Å²) in [6.07, 6.45) is 6.24. The van der Waals surface area contributed by atoms with Gasteiger partial charge in [0, 0.05) is 45.0 Å². The van der Waals surface area contributed by atoms with Gasteiger partial charge in [-0.25, -0.2) is 0 Å². The summed E-state index contributed by atoms with van der Waals surface area (Å²) in [4.78, 5) is 13.1. The Bertz CT molecular complexity index is 849. The zero-order valence-corrected chi connectivity index (χ0v) is 16.1. The van der Waals surface area contributed by atoms with E-state index in [1.165, 1.54) is 0 Å². The van der Waals surface area contributed by atoms with Crippen LogP contribution in [0.4, 0.5) is 5.69 Å². The Kier molecular flexibility index (Phi) is 5.15. The Morgan fingerprint density at radius 1 is 1.26 bits per heavy atom. The number of fused-ring (bicyclic) bond motifs is 1. The van der Waals surface area contributed by atoms with Crippen molar-refractivity contribution in [1.82, 2.24) is 20.3 Å². The maximum atomic E-state index is 5.69. The van der Waals surface area contributed by atoms with Crippen molar-refractivity contribution >= 4 is 28.7 Å². The van der Waals surface area contributed by atoms with Crippen molar-refractivity contribution in [1.29, 1.82) is 0 Å². The monoisotopic (exact) mass is 382 g/mol. The lowest BCUT2D eigenvalue weighted by Gasteiger charge is -2.36. The summed E-state index contributed by atoms with van der Waals surface area (Å²) in [6, 6.07) is 6.04. The van der Waals surface area contributed by atoms with Crippen molar-refractivity contribution in [3.05, 3.63) is 48.0 Å². The molecule has 4 heterocycles. The summed E-state index contributed by atoms with van der Waals surface area (Å²) < 4.78 is 5.69. The van der Waals surface area contributed by atoms with Gasteiger partial charge in [-0.1, -0.05) is 0 Å². The summed E-state index contributed by atoms with van der Waals surface area (Å²) in [5.74, 6) is 0.790. The molecular formula is C19H22N6OS. The highest BCUT2D eigenvalue weighted by atomic mass is 32.1. The topological polar surface area (TPSA) is 65.9 Å². The fourth-order valence-electron chi connectivity index (χ4n) is 3.25. The number of hydrazone groups is 1. The van der Waals surface area contributed by atoms with E-state index in [0.717, 1.165) is 54.6 Å². The van der Waals surface area contributed by atoms with E-state index in [1.807, 2.05) is 31.5 Å². The molecule has 0 radical (unpaired) electrons. The molecule has 0 saturated carbocycles. The SMILES string of the molecule is Cc1cnc2c(c1)OCC/C2=N/NC(=S)N1CCN(c2cccnc2)CC1. The van der Waals surface area contributed by atoms with E-state index in [0.29, 0.717) is 18.1 Å². The number of rotatable bonds is 2. The number of nitrogens with one attached hydrogen (secondary N) is 1. The van der Waals surface area contributed by atoms with Crippen LogP contribution < -0.4 is 15.1 Å². The largest absolute Gasteiger partial charge is 0.491 e. The lowest BCUT2D eigenvalue weighted by atomic mass is 10.1. The number of ether oxygens (including phenoxy) is 1. The fourth-order valence-corrected chi connectivity index (χ4v) is 3.48. The van der Waals surface area contributed by atoms with Crippen molar-refractivity contribution in [2.24, 2.45) is 5.10 Å². The second-order valence-corrected chi connectivity index (χ2v) is 7.01. The van der Waals surface area contributed by atoms with E-state index in [9.17, 15) is 0 Å². The van der Waals surface area contributed by atoms with E-state index < -0.39 is 0 Å². The number of thiocarbonyl (C=S) groups is 1. The van der Waals surface area contributed by atoms with Crippen LogP contribution >= 0.6 is 12.2 Å². The van der Waals surface area contributed by atoms with E-state index in [1.54, 1.807) is 6.20 Å². The van der Waals surface area contributed by atoms with Gasteiger partial charge in [0.05, 0.1) is 24.2 Å². The van der Waals surface area contributed by atoms with Gasteiger partial charge in [-0.2, -0.15) is 5.10 Å². The van der Waals surface area contributed by atoms with Crippen LogP contribution in [0, 0.1) is 6.92 Å². The van der Waals surface area contributed by atoms with Crippen LogP contribution in [0.1, 0.15) is 17.7 Å². The molecule has 2 aromatic heterocycles. The van der Waals surface area contributed by atoms with Crippen molar-refractivity contribution in [3.63, 3.8) is 0 Å². The highest BCUT2D eigenvalue weighted by molar-refractivity contribution is 7.80. The number of piperazine rings is 1. The summed E-state index contributed by atoms with van der Waals surface area (Å²) in [5.41, 5.74) is 6.95. The zero-order chi connectivity index (χ0) is 18.6. The van der Waals surface area contributed by atoms with Gasteiger partial charge in [0.1, 0.15) is 11.4 Å². The molecule has 0 unspecified atom stereocenters. The van der Waals surface area contributed by atoms with Gasteiger partial charge in [0.2, 0.25) is 0 Å². The fraction of sp³-hybridized carbons (Fsp3) is 0.368. The van der Waals surface area contributed by atoms with Gasteiger partial charge < -0.3 is 14.5 Å². The minimum Gasteiger partial charge on any atom is -0.491 e. The quantitative estimate of drug-likeness (QED) is 0.629. The molecular weight excluding hydrogens is 360 g/mol. The normalized spacial score (nSPS) is 18.0. The zero-order valence-electron chi connectivity index (χ0n) is 15.3. The van der Waals surface area contributed by atoms with Gasteiger partial charge >= 0.3 is 0 Å². The minimum atomic E-state index is 0.606. The first kappa shape index (κ1) is 17.7. The van der Waals surface area contributed by atoms with Crippen LogP contribution in [0.3, 0.4) is 0 Å². The van der Waals surface area contributed by atoms with Crippen molar-refractivity contribution < 1.29 is 4.74 Å². The first-order valence-corrected chi connectivity index (χ1v) is 9.48. The van der Waals surface area contributed by atoms with Gasteiger partial charge in [0.25, 0.3) is 0 Å². The molecule has 1 N–H and O–H groups in total. The molecule has 1 fully saturated rings. The number of hydrogen-bond acceptors (Lipinski definition) is 6. The number of aryl methyl sites for hydroxylation is 1. The van der Waals surface area contributed by atoms with Gasteiger partial charge in [-0.05, 0) is 42.9 Å². The second kappa shape index (κ2) is 7.87. The van der Waals surface area contributed by atoms with E-state index in [4.69, 9.17) is 17.0 Å². The van der Waals surface area contributed by atoms with Crippen LogP contribution in [0.15, 0.2) is 41.9 Å². The predicted molar refractivity (Wildman–Crippen MR) is 109 cm³/mol. The third-order valence-electron chi connectivity index (χ3n) is 4.72. The molecule has 0 aliphatic carbocycles. The van der Waals surface area contributed by atoms with Crippen molar-refractivity contribution in [3.8, 4) is 5.75 Å². The molecule has 140 valence electrons. The smallest absolute Gasteiger partial charge is 0.189 e.